The van der Waals surface area contributed by atoms with Gasteiger partial charge in [0.25, 0.3) is 10.0 Å². The fourth-order valence-electron chi connectivity index (χ4n) is 1.91. The number of nitrogens with two attached hydrogens (primary N) is 1. The van der Waals surface area contributed by atoms with Gasteiger partial charge in [0.05, 0.1) is 4.88 Å². The second kappa shape index (κ2) is 6.65. The molecule has 7 heteroatoms. The summed E-state index contributed by atoms with van der Waals surface area (Å²) in [5.41, 5.74) is 6.46. The topological polar surface area (TPSA) is 72.2 Å². The summed E-state index contributed by atoms with van der Waals surface area (Å²) in [6.45, 7) is 1.94. The highest BCUT2D eigenvalue weighted by Crippen LogP contribution is 2.25. The molecule has 112 valence electrons. The fraction of sp³-hybridized carbons (Fsp3) is 0.214. The van der Waals surface area contributed by atoms with Gasteiger partial charge in [0.2, 0.25) is 0 Å². The average Bonchev–Trinajstić information content (AvgIpc) is 2.96. The number of hydrogen-bond donors (Lipinski definition) is 2. The molecule has 0 aliphatic carbocycles. The number of thiophene rings is 1. The van der Waals surface area contributed by atoms with Crippen molar-refractivity contribution in [3.05, 3.63) is 52.9 Å². The van der Waals surface area contributed by atoms with Crippen LogP contribution in [0.1, 0.15) is 29.8 Å². The molecule has 0 bridgehead atoms. The highest BCUT2D eigenvalue weighted by molar-refractivity contribution is 7.91. The molecule has 0 saturated heterocycles. The van der Waals surface area contributed by atoms with Gasteiger partial charge in [-0.15, -0.1) is 11.3 Å². The first-order valence-electron chi connectivity index (χ1n) is 6.41. The molecule has 0 radical (unpaired) electrons. The van der Waals surface area contributed by atoms with E-state index in [9.17, 15) is 8.42 Å². The van der Waals surface area contributed by atoms with Gasteiger partial charge in [0.15, 0.2) is 0 Å². The van der Waals surface area contributed by atoms with Crippen LogP contribution < -0.4 is 10.5 Å². The maximum absolute atomic E-state index is 12.4. The van der Waals surface area contributed by atoms with E-state index in [-0.39, 0.29) is 15.2 Å². The van der Waals surface area contributed by atoms with Gasteiger partial charge in [-0.05, 0) is 24.1 Å². The van der Waals surface area contributed by atoms with Crippen molar-refractivity contribution < 1.29 is 8.42 Å². The van der Waals surface area contributed by atoms with E-state index in [2.05, 4.69) is 4.72 Å². The molecule has 0 saturated carbocycles. The average molecular weight is 340 g/mol. The Balaban J connectivity index is 2.25. The summed E-state index contributed by atoms with van der Waals surface area (Å²) in [6, 6.07) is 12.4. The lowest BCUT2D eigenvalue weighted by Gasteiger charge is -2.16. The van der Waals surface area contributed by atoms with Gasteiger partial charge in [0, 0.05) is 6.04 Å². The summed E-state index contributed by atoms with van der Waals surface area (Å²) in [7, 11) is -3.58. The predicted molar refractivity (Wildman–Crippen MR) is 90.0 cm³/mol. The first-order chi connectivity index (χ1) is 9.94. The standard InChI is InChI=1S/C14H16N2O2S3/c1-2-11(10-6-4-3-5-7-10)16-21(17,18)13-9-8-12(20-13)14(15)19/h3-9,11,16H,2H2,1H3,(H2,15,19). The van der Waals surface area contributed by atoms with Crippen molar-refractivity contribution >= 4 is 38.6 Å². The molecule has 2 aromatic rings. The van der Waals surface area contributed by atoms with E-state index in [0.717, 1.165) is 16.9 Å². The van der Waals surface area contributed by atoms with Crippen molar-refractivity contribution in [1.82, 2.24) is 4.72 Å². The van der Waals surface area contributed by atoms with Crippen molar-refractivity contribution in [2.75, 3.05) is 0 Å². The van der Waals surface area contributed by atoms with Gasteiger partial charge in [-0.25, -0.2) is 13.1 Å². The lowest BCUT2D eigenvalue weighted by atomic mass is 10.1. The zero-order valence-corrected chi connectivity index (χ0v) is 13.9. The third-order valence-corrected chi connectivity index (χ3v) is 6.43. The van der Waals surface area contributed by atoms with Crippen LogP contribution in [0.25, 0.3) is 0 Å². The normalized spacial score (nSPS) is 13.0. The Bertz CT molecular complexity index is 724. The molecule has 0 aliphatic heterocycles. The highest BCUT2D eigenvalue weighted by Gasteiger charge is 2.22. The zero-order chi connectivity index (χ0) is 15.5. The van der Waals surface area contributed by atoms with Crippen LogP contribution >= 0.6 is 23.6 Å². The second-order valence-electron chi connectivity index (χ2n) is 4.48. The van der Waals surface area contributed by atoms with Gasteiger partial charge >= 0.3 is 0 Å². The first-order valence-corrected chi connectivity index (χ1v) is 9.11. The summed E-state index contributed by atoms with van der Waals surface area (Å²) in [5, 5.41) is 0. The van der Waals surface area contributed by atoms with E-state index >= 15 is 0 Å². The predicted octanol–water partition coefficient (Wildman–Crippen LogP) is 2.81. The van der Waals surface area contributed by atoms with Crippen LogP contribution in [0.4, 0.5) is 0 Å². The van der Waals surface area contributed by atoms with Crippen LogP contribution in [-0.4, -0.2) is 13.4 Å². The Hall–Kier alpha value is -1.28. The third-order valence-electron chi connectivity index (χ3n) is 3.00. The Morgan fingerprint density at radius 3 is 2.48 bits per heavy atom. The fourth-order valence-corrected chi connectivity index (χ4v) is 4.59. The number of thiocarbonyl (C=S) groups is 1. The summed E-state index contributed by atoms with van der Waals surface area (Å²) in [5.74, 6) is 0. The number of nitrogens with one attached hydrogen (secondary N) is 1. The monoisotopic (exact) mass is 340 g/mol. The zero-order valence-electron chi connectivity index (χ0n) is 11.4. The maximum Gasteiger partial charge on any atom is 0.250 e. The van der Waals surface area contributed by atoms with E-state index < -0.39 is 10.0 Å². The molecule has 0 aliphatic rings. The summed E-state index contributed by atoms with van der Waals surface area (Å²) in [4.78, 5) is 0.801. The Kier molecular flexibility index (Phi) is 5.10. The first kappa shape index (κ1) is 16.1. The molecule has 21 heavy (non-hydrogen) atoms. The van der Waals surface area contributed by atoms with Crippen LogP contribution in [0.5, 0.6) is 0 Å². The minimum atomic E-state index is -3.58. The molecule has 1 aromatic carbocycles. The van der Waals surface area contributed by atoms with Gasteiger partial charge in [-0.3, -0.25) is 0 Å². The molecule has 1 heterocycles. The Labute approximate surface area is 134 Å². The maximum atomic E-state index is 12.4. The molecular formula is C14H16N2O2S3. The summed E-state index contributed by atoms with van der Waals surface area (Å²) in [6.07, 6.45) is 0.663. The van der Waals surface area contributed by atoms with Crippen LogP contribution in [0.3, 0.4) is 0 Å². The Morgan fingerprint density at radius 1 is 1.29 bits per heavy atom. The summed E-state index contributed by atoms with van der Waals surface area (Å²) < 4.78 is 27.8. The smallest absolute Gasteiger partial charge is 0.250 e. The number of hydrogen-bond acceptors (Lipinski definition) is 4. The molecule has 2 rings (SSSR count). The van der Waals surface area contributed by atoms with E-state index in [1.165, 1.54) is 6.07 Å². The van der Waals surface area contributed by atoms with Crippen molar-refractivity contribution in [3.8, 4) is 0 Å². The van der Waals surface area contributed by atoms with Crippen molar-refractivity contribution in [3.63, 3.8) is 0 Å². The molecule has 0 fully saturated rings. The quantitative estimate of drug-likeness (QED) is 0.793. The molecule has 1 atom stereocenters. The molecule has 4 nitrogen and oxygen atoms in total. The number of rotatable bonds is 6. The largest absolute Gasteiger partial charge is 0.389 e. The molecule has 0 amide bonds. The molecule has 1 unspecified atom stereocenters. The highest BCUT2D eigenvalue weighted by atomic mass is 32.2. The van der Waals surface area contributed by atoms with Gasteiger partial charge < -0.3 is 5.73 Å². The minimum Gasteiger partial charge on any atom is -0.389 e. The van der Waals surface area contributed by atoms with Crippen molar-refractivity contribution in [2.24, 2.45) is 5.73 Å². The SMILES string of the molecule is CCC(NS(=O)(=O)c1ccc(C(N)=S)s1)c1ccccc1. The van der Waals surface area contributed by atoms with E-state index in [0.29, 0.717) is 11.3 Å². The molecule has 1 aromatic heterocycles. The summed E-state index contributed by atoms with van der Waals surface area (Å²) >= 11 is 5.94. The van der Waals surface area contributed by atoms with Crippen LogP contribution in [-0.2, 0) is 10.0 Å². The van der Waals surface area contributed by atoms with Crippen LogP contribution in [0.2, 0.25) is 0 Å². The third kappa shape index (κ3) is 3.88. The molecule has 3 N–H and O–H groups in total. The van der Waals surface area contributed by atoms with Crippen molar-refractivity contribution in [2.45, 2.75) is 23.6 Å². The lowest BCUT2D eigenvalue weighted by Crippen LogP contribution is -2.27. The molecular weight excluding hydrogens is 324 g/mol. The van der Waals surface area contributed by atoms with Crippen LogP contribution in [0.15, 0.2) is 46.7 Å². The second-order valence-corrected chi connectivity index (χ2v) is 7.94. The Morgan fingerprint density at radius 2 is 1.95 bits per heavy atom. The van der Waals surface area contributed by atoms with E-state index in [1.807, 2.05) is 37.3 Å². The number of benzene rings is 1. The number of sulfonamides is 1. The van der Waals surface area contributed by atoms with Gasteiger partial charge in [-0.2, -0.15) is 0 Å². The van der Waals surface area contributed by atoms with Crippen LogP contribution in [0, 0.1) is 0 Å². The van der Waals surface area contributed by atoms with Gasteiger partial charge in [-0.1, -0.05) is 49.5 Å². The lowest BCUT2D eigenvalue weighted by molar-refractivity contribution is 0.552. The van der Waals surface area contributed by atoms with Gasteiger partial charge in [0.1, 0.15) is 9.20 Å². The van der Waals surface area contributed by atoms with E-state index in [4.69, 9.17) is 18.0 Å². The van der Waals surface area contributed by atoms with E-state index in [1.54, 1.807) is 6.07 Å². The minimum absolute atomic E-state index is 0.205. The van der Waals surface area contributed by atoms with Crippen molar-refractivity contribution in [1.29, 1.82) is 0 Å². The molecule has 0 spiro atoms.